The second-order valence-corrected chi connectivity index (χ2v) is 7.47. The zero-order chi connectivity index (χ0) is 21.4. The number of aliphatic hydroxyl groups is 2. The van der Waals surface area contributed by atoms with Crippen LogP contribution >= 0.6 is 23.2 Å². The van der Waals surface area contributed by atoms with Gasteiger partial charge in [-0.25, -0.2) is 4.98 Å². The summed E-state index contributed by atoms with van der Waals surface area (Å²) in [5, 5.41) is 26.7. The molecule has 0 aliphatic carbocycles. The molecule has 1 amide bonds. The minimum Gasteiger partial charge on any atom is -0.387 e. The van der Waals surface area contributed by atoms with E-state index >= 15 is 0 Å². The molecule has 158 valence electrons. The Labute approximate surface area is 180 Å². The van der Waals surface area contributed by atoms with E-state index in [0.29, 0.717) is 22.9 Å². The van der Waals surface area contributed by atoms with E-state index in [2.05, 4.69) is 25.6 Å². The summed E-state index contributed by atoms with van der Waals surface area (Å²) in [6.45, 7) is 0.413. The van der Waals surface area contributed by atoms with Crippen molar-refractivity contribution in [2.24, 2.45) is 0 Å². The number of likely N-dealkylation sites (N-methyl/N-ethyl adjacent to an activating group) is 1. The number of amides is 1. The highest BCUT2D eigenvalue weighted by Crippen LogP contribution is 2.33. The molecular weight excluding hydrogens is 435 g/mol. The van der Waals surface area contributed by atoms with Crippen LogP contribution in [0.5, 0.6) is 0 Å². The number of halogens is 2. The maximum Gasteiger partial charge on any atom is 0.251 e. The highest BCUT2D eigenvalue weighted by Gasteiger charge is 2.47. The lowest BCUT2D eigenvalue weighted by molar-refractivity contribution is -0.137. The number of hydrogen-bond acceptors (Lipinski definition) is 8. The van der Waals surface area contributed by atoms with Crippen LogP contribution in [0.1, 0.15) is 11.8 Å². The van der Waals surface area contributed by atoms with Crippen LogP contribution in [0.15, 0.2) is 30.6 Å². The molecule has 0 bridgehead atoms. The number of rotatable bonds is 5. The fourth-order valence-corrected chi connectivity index (χ4v) is 3.66. The number of carbonyl (C=O) groups excluding carboxylic acids is 1. The van der Waals surface area contributed by atoms with Gasteiger partial charge in [0.1, 0.15) is 12.2 Å². The number of anilines is 1. The lowest BCUT2D eigenvalue weighted by Crippen LogP contribution is -2.41. The van der Waals surface area contributed by atoms with Crippen molar-refractivity contribution in [1.82, 2.24) is 24.8 Å². The van der Waals surface area contributed by atoms with Gasteiger partial charge >= 0.3 is 0 Å². The lowest BCUT2D eigenvalue weighted by Gasteiger charge is -2.16. The zero-order valence-corrected chi connectivity index (χ0v) is 17.2. The van der Waals surface area contributed by atoms with E-state index in [1.54, 1.807) is 6.07 Å². The summed E-state index contributed by atoms with van der Waals surface area (Å²) in [5.74, 6) is -0.176. The second-order valence-electron chi connectivity index (χ2n) is 6.69. The molecule has 1 aliphatic rings. The number of fused-ring (bicyclic) bond motifs is 1. The summed E-state index contributed by atoms with van der Waals surface area (Å²) in [6.07, 6.45) is -3.72. The van der Waals surface area contributed by atoms with Gasteiger partial charge in [0.15, 0.2) is 29.3 Å². The van der Waals surface area contributed by atoms with E-state index in [-0.39, 0.29) is 10.9 Å². The summed E-state index contributed by atoms with van der Waals surface area (Å²) in [7, 11) is 1.41. The third-order valence-electron chi connectivity index (χ3n) is 4.76. The number of imidazole rings is 1. The van der Waals surface area contributed by atoms with Gasteiger partial charge in [-0.2, -0.15) is 9.97 Å². The molecule has 0 unspecified atom stereocenters. The molecule has 0 radical (unpaired) electrons. The molecule has 2 aromatic heterocycles. The average molecular weight is 453 g/mol. The van der Waals surface area contributed by atoms with E-state index in [1.165, 1.54) is 17.9 Å². The van der Waals surface area contributed by atoms with E-state index in [1.807, 2.05) is 18.2 Å². The first-order valence-electron chi connectivity index (χ1n) is 9.00. The number of benzene rings is 1. The fraction of sp³-hybridized carbons (Fsp3) is 0.333. The van der Waals surface area contributed by atoms with Gasteiger partial charge in [0, 0.05) is 18.6 Å². The first-order chi connectivity index (χ1) is 14.4. The highest BCUT2D eigenvalue weighted by atomic mass is 35.5. The normalized spacial score (nSPS) is 23.6. The van der Waals surface area contributed by atoms with Crippen molar-refractivity contribution in [3.05, 3.63) is 46.5 Å². The zero-order valence-electron chi connectivity index (χ0n) is 15.7. The van der Waals surface area contributed by atoms with Crippen molar-refractivity contribution in [2.75, 3.05) is 12.4 Å². The minimum absolute atomic E-state index is 0.0475. The highest BCUT2D eigenvalue weighted by molar-refractivity contribution is 6.30. The molecule has 3 aromatic rings. The van der Waals surface area contributed by atoms with Gasteiger partial charge in [-0.15, -0.1) is 0 Å². The smallest absolute Gasteiger partial charge is 0.251 e. The molecular formula is C18H18Cl2N6O4. The van der Waals surface area contributed by atoms with Crippen molar-refractivity contribution in [1.29, 1.82) is 0 Å². The van der Waals surface area contributed by atoms with E-state index in [4.69, 9.17) is 27.9 Å². The fourth-order valence-electron chi connectivity index (χ4n) is 3.28. The molecule has 30 heavy (non-hydrogen) atoms. The molecule has 4 rings (SSSR count). The van der Waals surface area contributed by atoms with Crippen LogP contribution in [0.25, 0.3) is 11.2 Å². The molecule has 1 aliphatic heterocycles. The van der Waals surface area contributed by atoms with Crippen molar-refractivity contribution >= 4 is 46.1 Å². The number of hydrogen-bond donors (Lipinski definition) is 4. The van der Waals surface area contributed by atoms with Crippen molar-refractivity contribution in [2.45, 2.75) is 31.1 Å². The maximum atomic E-state index is 11.9. The average Bonchev–Trinajstić information content (AvgIpc) is 3.27. The summed E-state index contributed by atoms with van der Waals surface area (Å²) < 4.78 is 6.99. The third kappa shape index (κ3) is 3.80. The topological polar surface area (TPSA) is 134 Å². The first-order valence-corrected chi connectivity index (χ1v) is 9.76. The number of carbonyl (C=O) groups is 1. The molecule has 1 aromatic carbocycles. The van der Waals surface area contributed by atoms with Gasteiger partial charge < -0.3 is 25.6 Å². The summed E-state index contributed by atoms with van der Waals surface area (Å²) >= 11 is 12.1. The van der Waals surface area contributed by atoms with Crippen molar-refractivity contribution < 1.29 is 19.7 Å². The molecule has 1 saturated heterocycles. The van der Waals surface area contributed by atoms with Gasteiger partial charge in [-0.1, -0.05) is 23.7 Å². The Morgan fingerprint density at radius 3 is 2.80 bits per heavy atom. The second kappa shape index (κ2) is 8.32. The van der Waals surface area contributed by atoms with Crippen LogP contribution in [0, 0.1) is 0 Å². The van der Waals surface area contributed by atoms with E-state index < -0.39 is 30.4 Å². The van der Waals surface area contributed by atoms with Gasteiger partial charge in [0.05, 0.1) is 6.33 Å². The molecule has 3 heterocycles. The summed E-state index contributed by atoms with van der Waals surface area (Å²) in [4.78, 5) is 24.6. The van der Waals surface area contributed by atoms with Crippen molar-refractivity contribution in [3.63, 3.8) is 0 Å². The summed E-state index contributed by atoms with van der Waals surface area (Å²) in [5.41, 5.74) is 1.59. The van der Waals surface area contributed by atoms with E-state index in [0.717, 1.165) is 5.56 Å². The Kier molecular flexibility index (Phi) is 5.76. The largest absolute Gasteiger partial charge is 0.387 e. The number of aromatic nitrogens is 4. The Morgan fingerprint density at radius 1 is 1.27 bits per heavy atom. The first kappa shape index (κ1) is 20.8. The summed E-state index contributed by atoms with van der Waals surface area (Å²) in [6, 6.07) is 7.33. The third-order valence-corrected chi connectivity index (χ3v) is 5.16. The monoisotopic (exact) mass is 452 g/mol. The number of nitrogens with zero attached hydrogens (tertiary/aromatic N) is 4. The molecule has 1 fully saturated rings. The predicted octanol–water partition coefficient (Wildman–Crippen LogP) is 1.11. The number of aliphatic hydroxyl groups excluding tert-OH is 2. The van der Waals surface area contributed by atoms with Gasteiger partial charge in [0.25, 0.3) is 5.91 Å². The standard InChI is InChI=1S/C18H18Cl2N6O4/c1-21-16(29)13-11(27)12(28)17(30-13)26-7-23-10-14(24-18(20)25-15(10)26)22-6-8-3-2-4-9(19)5-8/h2-5,7,11-13,17,27-28H,6H2,1H3,(H,21,29)(H,22,24,25)/t11-,12+,13-,17+/m0/s1. The lowest BCUT2D eigenvalue weighted by atomic mass is 10.1. The minimum atomic E-state index is -1.41. The molecule has 12 heteroatoms. The molecule has 4 N–H and O–H groups in total. The SMILES string of the molecule is CNC(=O)[C@H]1O[C@@H](n2cnc3c(NCc4cccc(Cl)c4)nc(Cl)nc32)[C@H](O)[C@@H]1O. The predicted molar refractivity (Wildman–Crippen MR) is 109 cm³/mol. The van der Waals surface area contributed by atoms with Crippen molar-refractivity contribution in [3.8, 4) is 0 Å². The quantitative estimate of drug-likeness (QED) is 0.422. The van der Waals surface area contributed by atoms with Crippen LogP contribution < -0.4 is 10.6 Å². The molecule has 4 atom stereocenters. The van der Waals surface area contributed by atoms with Crippen LogP contribution in [0.4, 0.5) is 5.82 Å². The molecule has 0 spiro atoms. The van der Waals surface area contributed by atoms with Gasteiger partial charge in [-0.05, 0) is 29.3 Å². The molecule has 0 saturated carbocycles. The molecule has 10 nitrogen and oxygen atoms in total. The van der Waals surface area contributed by atoms with Crippen LogP contribution in [-0.4, -0.2) is 61.0 Å². The van der Waals surface area contributed by atoms with E-state index in [9.17, 15) is 15.0 Å². The van der Waals surface area contributed by atoms with Gasteiger partial charge in [-0.3, -0.25) is 9.36 Å². The number of ether oxygens (including phenoxy) is 1. The van der Waals surface area contributed by atoms with Crippen LogP contribution in [0.2, 0.25) is 10.3 Å². The van der Waals surface area contributed by atoms with Crippen LogP contribution in [0.3, 0.4) is 0 Å². The Hall–Kier alpha value is -2.50. The van der Waals surface area contributed by atoms with Crippen LogP contribution in [-0.2, 0) is 16.1 Å². The Bertz CT molecular complexity index is 1090. The maximum absolute atomic E-state index is 11.9. The van der Waals surface area contributed by atoms with Gasteiger partial charge in [0.2, 0.25) is 5.28 Å². The Balaban J connectivity index is 1.64. The Morgan fingerprint density at radius 2 is 2.07 bits per heavy atom. The number of nitrogens with one attached hydrogen (secondary N) is 2.